The molecule has 0 aliphatic rings. The van der Waals surface area contributed by atoms with Crippen LogP contribution in [0.15, 0.2) is 0 Å². The molecule has 0 spiro atoms. The Morgan fingerprint density at radius 1 is 1.47 bits per heavy atom. The van der Waals surface area contributed by atoms with Crippen LogP contribution >= 0.6 is 17.0 Å². The number of ether oxygens (including phenoxy) is 1. The predicted octanol–water partition coefficient (Wildman–Crippen LogP) is 0.956. The molecule has 0 bridgehead atoms. The first-order valence-corrected chi connectivity index (χ1v) is 4.60. The van der Waals surface area contributed by atoms with E-state index in [1.165, 1.54) is 7.11 Å². The fraction of sp³-hybridized carbons (Fsp3) is 0.778. The van der Waals surface area contributed by atoms with E-state index in [0.717, 1.165) is 12.8 Å². The average Bonchev–Trinajstić information content (AvgIpc) is 2.17. The first kappa shape index (κ1) is 16.8. The van der Waals surface area contributed by atoms with Crippen molar-refractivity contribution in [1.29, 1.82) is 0 Å². The van der Waals surface area contributed by atoms with Crippen molar-refractivity contribution in [2.24, 2.45) is 11.7 Å². The molecule has 3 N–H and O–H groups in total. The fourth-order valence-corrected chi connectivity index (χ4v) is 1.19. The lowest BCUT2D eigenvalue weighted by Crippen LogP contribution is -2.42. The summed E-state index contributed by atoms with van der Waals surface area (Å²) in [5, 5.41) is 8.66. The van der Waals surface area contributed by atoms with Crippen LogP contribution in [0.3, 0.4) is 0 Å². The summed E-state index contributed by atoms with van der Waals surface area (Å²) in [5.74, 6) is -2.46. The molecule has 0 rings (SSSR count). The van der Waals surface area contributed by atoms with Gasteiger partial charge in [0.15, 0.2) is 0 Å². The van der Waals surface area contributed by atoms with Gasteiger partial charge in [-0.25, -0.2) is 0 Å². The van der Waals surface area contributed by atoms with Crippen LogP contribution in [0.4, 0.5) is 0 Å². The highest BCUT2D eigenvalue weighted by Crippen LogP contribution is 2.13. The summed E-state index contributed by atoms with van der Waals surface area (Å²) >= 11 is 0. The second-order valence-corrected chi connectivity index (χ2v) is 3.14. The average molecular weight is 284 g/mol. The summed E-state index contributed by atoms with van der Waals surface area (Å²) in [6.45, 7) is 1.96. The van der Waals surface area contributed by atoms with Gasteiger partial charge in [0.1, 0.15) is 6.04 Å². The highest BCUT2D eigenvalue weighted by molar-refractivity contribution is 8.93. The minimum atomic E-state index is -1.17. The molecule has 0 aromatic heterocycles. The van der Waals surface area contributed by atoms with Gasteiger partial charge in [0, 0.05) is 0 Å². The van der Waals surface area contributed by atoms with Crippen LogP contribution in [0.1, 0.15) is 26.2 Å². The van der Waals surface area contributed by atoms with E-state index in [9.17, 15) is 9.59 Å². The summed E-state index contributed by atoms with van der Waals surface area (Å²) in [6.07, 6.45) is 2.11. The molecule has 2 atom stereocenters. The van der Waals surface area contributed by atoms with Crippen molar-refractivity contribution in [3.05, 3.63) is 0 Å². The number of aliphatic carboxylic acids is 1. The maximum atomic E-state index is 11.2. The zero-order chi connectivity index (χ0) is 11.1. The molecule has 0 radical (unpaired) electrons. The number of nitrogens with two attached hydrogens (primary N) is 1. The van der Waals surface area contributed by atoms with E-state index in [0.29, 0.717) is 6.42 Å². The highest BCUT2D eigenvalue weighted by Gasteiger charge is 2.30. The first-order chi connectivity index (χ1) is 6.54. The van der Waals surface area contributed by atoms with E-state index in [4.69, 9.17) is 10.8 Å². The summed E-state index contributed by atoms with van der Waals surface area (Å²) in [5.41, 5.74) is 5.38. The number of esters is 1. The number of hydrogen-bond acceptors (Lipinski definition) is 4. The minimum absolute atomic E-state index is 0. The van der Waals surface area contributed by atoms with Crippen molar-refractivity contribution < 1.29 is 19.4 Å². The molecular weight excluding hydrogens is 266 g/mol. The lowest BCUT2D eigenvalue weighted by Gasteiger charge is -2.17. The Labute approximate surface area is 99.7 Å². The Morgan fingerprint density at radius 2 is 2.00 bits per heavy atom. The van der Waals surface area contributed by atoms with Gasteiger partial charge >= 0.3 is 11.9 Å². The van der Waals surface area contributed by atoms with Gasteiger partial charge in [-0.15, -0.1) is 17.0 Å². The Kier molecular flexibility index (Phi) is 9.71. The predicted molar refractivity (Wildman–Crippen MR) is 61.0 cm³/mol. The monoisotopic (exact) mass is 283 g/mol. The zero-order valence-electron chi connectivity index (χ0n) is 8.93. The number of hydrogen-bond donors (Lipinski definition) is 2. The number of unbranched alkanes of at least 4 members (excludes halogenated alkanes) is 1. The normalized spacial score (nSPS) is 13.5. The van der Waals surface area contributed by atoms with Crippen LogP contribution in [-0.2, 0) is 14.3 Å². The van der Waals surface area contributed by atoms with Gasteiger partial charge in [0.2, 0.25) is 0 Å². The molecule has 0 fully saturated rings. The highest BCUT2D eigenvalue weighted by atomic mass is 79.9. The van der Waals surface area contributed by atoms with Crippen LogP contribution < -0.4 is 5.73 Å². The number of halogens is 1. The maximum Gasteiger partial charge on any atom is 0.321 e. The zero-order valence-corrected chi connectivity index (χ0v) is 10.6. The van der Waals surface area contributed by atoms with Crippen LogP contribution in [0, 0.1) is 5.92 Å². The van der Waals surface area contributed by atoms with E-state index in [2.05, 4.69) is 4.74 Å². The number of carboxylic acids is 1. The van der Waals surface area contributed by atoms with Gasteiger partial charge in [0.05, 0.1) is 13.0 Å². The third kappa shape index (κ3) is 5.74. The molecule has 15 heavy (non-hydrogen) atoms. The standard InChI is InChI=1S/C9H17NO4.BrH/c1-3-4-5-6(9(13)14-2)7(10)8(11)12;/h6-7H,3-5,10H2,1-2H3,(H,11,12);1H/t6?,7-;/m0./s1. The first-order valence-electron chi connectivity index (χ1n) is 4.60. The molecule has 0 saturated carbocycles. The van der Waals surface area contributed by atoms with Gasteiger partial charge in [-0.3, -0.25) is 9.59 Å². The maximum absolute atomic E-state index is 11.2. The molecule has 0 saturated heterocycles. The summed E-state index contributed by atoms with van der Waals surface area (Å²) in [6, 6.07) is -1.17. The van der Waals surface area contributed by atoms with Crippen molar-refractivity contribution in [3.8, 4) is 0 Å². The van der Waals surface area contributed by atoms with E-state index < -0.39 is 23.9 Å². The van der Waals surface area contributed by atoms with Gasteiger partial charge < -0.3 is 15.6 Å². The number of carbonyl (C=O) groups excluding carboxylic acids is 1. The molecule has 0 amide bonds. The quantitative estimate of drug-likeness (QED) is 0.709. The van der Waals surface area contributed by atoms with Crippen LogP contribution in [0.5, 0.6) is 0 Å². The molecule has 5 nitrogen and oxygen atoms in total. The Morgan fingerprint density at radius 3 is 2.33 bits per heavy atom. The summed E-state index contributed by atoms with van der Waals surface area (Å²) < 4.78 is 4.50. The van der Waals surface area contributed by atoms with E-state index in [-0.39, 0.29) is 17.0 Å². The largest absolute Gasteiger partial charge is 0.480 e. The lowest BCUT2D eigenvalue weighted by atomic mass is 9.94. The molecule has 0 aliphatic carbocycles. The van der Waals surface area contributed by atoms with Crippen LogP contribution in [-0.4, -0.2) is 30.2 Å². The van der Waals surface area contributed by atoms with E-state index in [1.54, 1.807) is 0 Å². The minimum Gasteiger partial charge on any atom is -0.480 e. The molecule has 0 aromatic rings. The molecule has 6 heteroatoms. The van der Waals surface area contributed by atoms with Crippen LogP contribution in [0.25, 0.3) is 0 Å². The summed E-state index contributed by atoms with van der Waals surface area (Å²) in [4.78, 5) is 21.8. The van der Waals surface area contributed by atoms with Gasteiger partial charge in [-0.2, -0.15) is 0 Å². The van der Waals surface area contributed by atoms with E-state index in [1.807, 2.05) is 6.92 Å². The van der Waals surface area contributed by atoms with Crippen molar-refractivity contribution in [1.82, 2.24) is 0 Å². The topological polar surface area (TPSA) is 89.6 Å². The SMILES string of the molecule is Br.CCCCC(C(=O)OC)[C@H](N)C(=O)O. The number of rotatable bonds is 6. The molecule has 1 unspecified atom stereocenters. The van der Waals surface area contributed by atoms with Crippen molar-refractivity contribution in [2.75, 3.05) is 7.11 Å². The molecule has 0 aromatic carbocycles. The Balaban J connectivity index is 0. The van der Waals surface area contributed by atoms with Gasteiger partial charge in [0.25, 0.3) is 0 Å². The lowest BCUT2D eigenvalue weighted by molar-refractivity contribution is -0.152. The second kappa shape index (κ2) is 8.67. The van der Waals surface area contributed by atoms with Crippen LogP contribution in [0.2, 0.25) is 0 Å². The fourth-order valence-electron chi connectivity index (χ4n) is 1.19. The Hall–Kier alpha value is -0.620. The van der Waals surface area contributed by atoms with Crippen molar-refractivity contribution in [2.45, 2.75) is 32.2 Å². The molecule has 0 aliphatic heterocycles. The smallest absolute Gasteiger partial charge is 0.321 e. The second-order valence-electron chi connectivity index (χ2n) is 3.14. The van der Waals surface area contributed by atoms with Gasteiger partial charge in [-0.1, -0.05) is 19.8 Å². The third-order valence-corrected chi connectivity index (χ3v) is 2.09. The van der Waals surface area contributed by atoms with Gasteiger partial charge in [-0.05, 0) is 6.42 Å². The molecular formula is C9H18BrNO4. The molecule has 90 valence electrons. The summed E-state index contributed by atoms with van der Waals surface area (Å²) in [7, 11) is 1.23. The number of carbonyl (C=O) groups is 2. The van der Waals surface area contributed by atoms with E-state index >= 15 is 0 Å². The van der Waals surface area contributed by atoms with Crippen molar-refractivity contribution >= 4 is 28.9 Å². The molecule has 0 heterocycles. The van der Waals surface area contributed by atoms with Crippen molar-refractivity contribution in [3.63, 3.8) is 0 Å². The number of methoxy groups -OCH3 is 1. The Bertz CT molecular complexity index is 210. The number of carboxylic acid groups (broad SMARTS) is 1. The third-order valence-electron chi connectivity index (χ3n) is 2.09.